The minimum Gasteiger partial charge on any atom is -0.484 e. The zero-order valence-electron chi connectivity index (χ0n) is 9.65. The first-order chi connectivity index (χ1) is 8.22. The molecule has 0 saturated heterocycles. The fourth-order valence-corrected chi connectivity index (χ4v) is 1.15. The highest BCUT2D eigenvalue weighted by atomic mass is 35.5. The SMILES string of the molecule is CCC/C=N\NC(=O)COc1ccc(Cl)cc1. The molecular weight excluding hydrogens is 240 g/mol. The zero-order chi connectivity index (χ0) is 12.5. The van der Waals surface area contributed by atoms with Crippen molar-refractivity contribution >= 4 is 23.7 Å². The molecule has 1 amide bonds. The molecule has 0 aliphatic carbocycles. The molecule has 0 saturated carbocycles. The predicted octanol–water partition coefficient (Wildman–Crippen LogP) is 2.62. The fourth-order valence-electron chi connectivity index (χ4n) is 1.02. The number of amides is 1. The van der Waals surface area contributed by atoms with Crippen molar-refractivity contribution < 1.29 is 9.53 Å². The van der Waals surface area contributed by atoms with E-state index in [-0.39, 0.29) is 12.5 Å². The Morgan fingerprint density at radius 1 is 1.47 bits per heavy atom. The number of ether oxygens (including phenoxy) is 1. The number of hydrogen-bond donors (Lipinski definition) is 1. The Hall–Kier alpha value is -1.55. The zero-order valence-corrected chi connectivity index (χ0v) is 10.4. The number of benzene rings is 1. The third-order valence-electron chi connectivity index (χ3n) is 1.88. The highest BCUT2D eigenvalue weighted by Gasteiger charge is 2.00. The van der Waals surface area contributed by atoms with Crippen molar-refractivity contribution in [3.8, 4) is 5.75 Å². The van der Waals surface area contributed by atoms with Crippen molar-refractivity contribution in [2.45, 2.75) is 19.8 Å². The standard InChI is InChI=1S/C12H15ClN2O2/c1-2-3-8-14-15-12(16)9-17-11-6-4-10(13)5-7-11/h4-8H,2-3,9H2,1H3,(H,15,16)/b14-8-. The maximum atomic E-state index is 11.3. The van der Waals surface area contributed by atoms with Crippen LogP contribution in [0.25, 0.3) is 0 Å². The molecule has 1 aromatic rings. The maximum Gasteiger partial charge on any atom is 0.277 e. The summed E-state index contributed by atoms with van der Waals surface area (Å²) in [6, 6.07) is 6.81. The van der Waals surface area contributed by atoms with Gasteiger partial charge < -0.3 is 4.74 Å². The Balaban J connectivity index is 2.26. The molecule has 0 aromatic heterocycles. The van der Waals surface area contributed by atoms with Crippen LogP contribution in [-0.2, 0) is 4.79 Å². The molecule has 1 rings (SSSR count). The lowest BCUT2D eigenvalue weighted by Crippen LogP contribution is -2.24. The van der Waals surface area contributed by atoms with E-state index in [1.807, 2.05) is 6.92 Å². The first-order valence-electron chi connectivity index (χ1n) is 5.41. The Morgan fingerprint density at radius 3 is 2.82 bits per heavy atom. The van der Waals surface area contributed by atoms with Gasteiger partial charge in [0.1, 0.15) is 5.75 Å². The summed E-state index contributed by atoms with van der Waals surface area (Å²) >= 11 is 5.72. The third kappa shape index (κ3) is 5.92. The van der Waals surface area contributed by atoms with E-state index < -0.39 is 0 Å². The molecular formula is C12H15ClN2O2. The summed E-state index contributed by atoms with van der Waals surface area (Å²) in [7, 11) is 0. The molecule has 0 spiro atoms. The molecule has 0 radical (unpaired) electrons. The van der Waals surface area contributed by atoms with Gasteiger partial charge in [-0.15, -0.1) is 0 Å². The van der Waals surface area contributed by atoms with Crippen LogP contribution in [0.3, 0.4) is 0 Å². The van der Waals surface area contributed by atoms with Gasteiger partial charge in [-0.1, -0.05) is 24.9 Å². The second kappa shape index (κ2) is 7.68. The summed E-state index contributed by atoms with van der Waals surface area (Å²) < 4.78 is 5.24. The molecule has 92 valence electrons. The van der Waals surface area contributed by atoms with Gasteiger partial charge in [-0.2, -0.15) is 5.10 Å². The first kappa shape index (κ1) is 13.5. The van der Waals surface area contributed by atoms with Gasteiger partial charge in [-0.3, -0.25) is 4.79 Å². The van der Waals surface area contributed by atoms with E-state index in [9.17, 15) is 4.79 Å². The van der Waals surface area contributed by atoms with E-state index in [4.69, 9.17) is 16.3 Å². The van der Waals surface area contributed by atoms with Crippen LogP contribution in [0.2, 0.25) is 5.02 Å². The monoisotopic (exact) mass is 254 g/mol. The summed E-state index contributed by atoms with van der Waals surface area (Å²) in [4.78, 5) is 11.3. The van der Waals surface area contributed by atoms with Crippen molar-refractivity contribution in [3.05, 3.63) is 29.3 Å². The molecule has 0 unspecified atom stereocenters. The molecule has 0 aliphatic heterocycles. The summed E-state index contributed by atoms with van der Waals surface area (Å²) in [6.07, 6.45) is 3.51. The van der Waals surface area contributed by atoms with Crippen LogP contribution in [0.15, 0.2) is 29.4 Å². The van der Waals surface area contributed by atoms with Crippen LogP contribution in [0.4, 0.5) is 0 Å². The quantitative estimate of drug-likeness (QED) is 0.627. The fraction of sp³-hybridized carbons (Fsp3) is 0.333. The molecule has 0 bridgehead atoms. The van der Waals surface area contributed by atoms with Crippen LogP contribution in [-0.4, -0.2) is 18.7 Å². The van der Waals surface area contributed by atoms with E-state index in [0.717, 1.165) is 12.8 Å². The summed E-state index contributed by atoms with van der Waals surface area (Å²) in [5.41, 5.74) is 2.38. The Bertz CT molecular complexity index is 377. The van der Waals surface area contributed by atoms with Crippen molar-refractivity contribution in [3.63, 3.8) is 0 Å². The third-order valence-corrected chi connectivity index (χ3v) is 2.13. The highest BCUT2D eigenvalue weighted by Crippen LogP contribution is 2.15. The maximum absolute atomic E-state index is 11.3. The van der Waals surface area contributed by atoms with Gasteiger partial charge in [0.25, 0.3) is 5.91 Å². The molecule has 5 heteroatoms. The van der Waals surface area contributed by atoms with Gasteiger partial charge in [0.2, 0.25) is 0 Å². The second-order valence-corrected chi connectivity index (χ2v) is 3.81. The van der Waals surface area contributed by atoms with Crippen LogP contribution in [0.1, 0.15) is 19.8 Å². The van der Waals surface area contributed by atoms with Gasteiger partial charge in [0.15, 0.2) is 6.61 Å². The van der Waals surface area contributed by atoms with Gasteiger partial charge in [-0.05, 0) is 30.7 Å². The van der Waals surface area contributed by atoms with E-state index in [0.29, 0.717) is 10.8 Å². The number of nitrogens with zero attached hydrogens (tertiary/aromatic N) is 1. The average molecular weight is 255 g/mol. The van der Waals surface area contributed by atoms with E-state index in [1.54, 1.807) is 30.5 Å². The van der Waals surface area contributed by atoms with Gasteiger partial charge in [0, 0.05) is 11.2 Å². The lowest BCUT2D eigenvalue weighted by molar-refractivity contribution is -0.123. The van der Waals surface area contributed by atoms with E-state index in [1.165, 1.54) is 0 Å². The predicted molar refractivity (Wildman–Crippen MR) is 68.5 cm³/mol. The van der Waals surface area contributed by atoms with Crippen LogP contribution in [0, 0.1) is 0 Å². The number of nitrogens with one attached hydrogen (secondary N) is 1. The van der Waals surface area contributed by atoms with Crippen molar-refractivity contribution in [2.75, 3.05) is 6.61 Å². The minimum absolute atomic E-state index is 0.0644. The van der Waals surface area contributed by atoms with Crippen LogP contribution in [0.5, 0.6) is 5.75 Å². The van der Waals surface area contributed by atoms with Crippen LogP contribution >= 0.6 is 11.6 Å². The molecule has 0 heterocycles. The van der Waals surface area contributed by atoms with Crippen molar-refractivity contribution in [1.82, 2.24) is 5.43 Å². The molecule has 17 heavy (non-hydrogen) atoms. The average Bonchev–Trinajstić information content (AvgIpc) is 2.34. The normalized spacial score (nSPS) is 10.5. The number of unbranched alkanes of at least 4 members (excludes halogenated alkanes) is 1. The summed E-state index contributed by atoms with van der Waals surface area (Å²) in [5, 5.41) is 4.39. The molecule has 0 fully saturated rings. The van der Waals surface area contributed by atoms with Gasteiger partial charge in [-0.25, -0.2) is 5.43 Å². The smallest absolute Gasteiger partial charge is 0.277 e. The minimum atomic E-state index is -0.285. The van der Waals surface area contributed by atoms with E-state index >= 15 is 0 Å². The molecule has 0 atom stereocenters. The molecule has 1 aromatic carbocycles. The lowest BCUT2D eigenvalue weighted by Gasteiger charge is -2.04. The summed E-state index contributed by atoms with van der Waals surface area (Å²) in [6.45, 7) is 1.97. The highest BCUT2D eigenvalue weighted by molar-refractivity contribution is 6.30. The molecule has 0 aliphatic rings. The number of carbonyl (C=O) groups excluding carboxylic acids is 1. The number of rotatable bonds is 6. The Kier molecular flexibility index (Phi) is 6.10. The lowest BCUT2D eigenvalue weighted by atomic mass is 10.3. The Labute approximate surface area is 106 Å². The number of halogens is 1. The van der Waals surface area contributed by atoms with Crippen molar-refractivity contribution in [1.29, 1.82) is 0 Å². The number of carbonyl (C=O) groups is 1. The molecule has 4 nitrogen and oxygen atoms in total. The van der Waals surface area contributed by atoms with Crippen LogP contribution < -0.4 is 10.2 Å². The van der Waals surface area contributed by atoms with Crippen molar-refractivity contribution in [2.24, 2.45) is 5.10 Å². The number of hydrazone groups is 1. The first-order valence-corrected chi connectivity index (χ1v) is 5.79. The van der Waals surface area contributed by atoms with Gasteiger partial charge in [0.05, 0.1) is 0 Å². The van der Waals surface area contributed by atoms with Gasteiger partial charge >= 0.3 is 0 Å². The van der Waals surface area contributed by atoms with E-state index in [2.05, 4.69) is 10.5 Å². The molecule has 1 N–H and O–H groups in total. The number of hydrogen-bond acceptors (Lipinski definition) is 3. The summed E-state index contributed by atoms with van der Waals surface area (Å²) in [5.74, 6) is 0.314. The topological polar surface area (TPSA) is 50.7 Å². The largest absolute Gasteiger partial charge is 0.484 e. The Morgan fingerprint density at radius 2 is 2.18 bits per heavy atom. The second-order valence-electron chi connectivity index (χ2n) is 3.38.